The molecule has 0 saturated carbocycles. The molecule has 2 N–H and O–H groups in total. The van der Waals surface area contributed by atoms with Crippen molar-refractivity contribution in [2.45, 2.75) is 70.0 Å². The average molecular weight is 473 g/mol. The number of esters is 1. The van der Waals surface area contributed by atoms with Gasteiger partial charge in [-0.1, -0.05) is 56.7 Å². The number of pyridine rings is 1. The van der Waals surface area contributed by atoms with Gasteiger partial charge in [-0.3, -0.25) is 14.6 Å². The fourth-order valence-corrected chi connectivity index (χ4v) is 4.42. The van der Waals surface area contributed by atoms with Crippen LogP contribution in [0.5, 0.6) is 5.75 Å². The second-order valence-electron chi connectivity index (χ2n) is 8.07. The van der Waals surface area contributed by atoms with Crippen LogP contribution in [0.15, 0.2) is 42.6 Å². The number of carbonyl (C=O) groups is 2. The van der Waals surface area contributed by atoms with Crippen LogP contribution in [-0.2, 0) is 22.4 Å². The Morgan fingerprint density at radius 3 is 2.52 bits per heavy atom. The number of amides is 1. The smallest absolute Gasteiger partial charge is 0.306 e. The summed E-state index contributed by atoms with van der Waals surface area (Å²) in [4.78, 5) is 28.2. The van der Waals surface area contributed by atoms with Gasteiger partial charge in [0.05, 0.1) is 10.9 Å². The molecule has 2 aromatic rings. The monoisotopic (exact) mass is 472 g/mol. The molecule has 178 valence electrons. The predicted octanol–water partition coefficient (Wildman–Crippen LogP) is 4.57. The molecule has 1 amide bonds. The Hall–Kier alpha value is -2.58. The SMILES string of the molecule is CCCCCC(=O)OC(COc1ccc(CC2SC(=O)NC2O)cc1)c1ccc(CC)cn1. The molecule has 8 heteroatoms. The summed E-state index contributed by atoms with van der Waals surface area (Å²) in [6, 6.07) is 11.4. The molecule has 1 aromatic carbocycles. The van der Waals surface area contributed by atoms with Crippen molar-refractivity contribution in [3.8, 4) is 5.75 Å². The van der Waals surface area contributed by atoms with Crippen molar-refractivity contribution in [3.05, 3.63) is 59.4 Å². The van der Waals surface area contributed by atoms with Crippen LogP contribution < -0.4 is 10.1 Å². The highest BCUT2D eigenvalue weighted by Crippen LogP contribution is 2.26. The van der Waals surface area contributed by atoms with Crippen LogP contribution in [0, 0.1) is 0 Å². The van der Waals surface area contributed by atoms with Crippen molar-refractivity contribution in [2.75, 3.05) is 6.61 Å². The van der Waals surface area contributed by atoms with Crippen LogP contribution >= 0.6 is 11.8 Å². The number of nitrogens with one attached hydrogen (secondary N) is 1. The normalized spacial score (nSPS) is 18.6. The number of thioether (sulfide) groups is 1. The van der Waals surface area contributed by atoms with Crippen LogP contribution in [0.3, 0.4) is 0 Å². The lowest BCUT2D eigenvalue weighted by atomic mass is 10.1. The number of hydrogen-bond acceptors (Lipinski definition) is 7. The Morgan fingerprint density at radius 1 is 1.15 bits per heavy atom. The molecule has 1 fully saturated rings. The Morgan fingerprint density at radius 2 is 1.91 bits per heavy atom. The zero-order chi connectivity index (χ0) is 23.6. The first-order valence-electron chi connectivity index (χ1n) is 11.5. The molecule has 3 atom stereocenters. The second kappa shape index (κ2) is 12.6. The number of benzene rings is 1. The number of rotatable bonds is 12. The number of aryl methyl sites for hydroxylation is 1. The Bertz CT molecular complexity index is 904. The Labute approximate surface area is 199 Å². The number of hydrogen-bond donors (Lipinski definition) is 2. The van der Waals surface area contributed by atoms with E-state index >= 15 is 0 Å². The number of aliphatic hydroxyl groups excluding tert-OH is 1. The second-order valence-corrected chi connectivity index (χ2v) is 9.28. The predicted molar refractivity (Wildman–Crippen MR) is 128 cm³/mol. The summed E-state index contributed by atoms with van der Waals surface area (Å²) in [7, 11) is 0. The first-order valence-corrected chi connectivity index (χ1v) is 12.4. The van der Waals surface area contributed by atoms with Gasteiger partial charge >= 0.3 is 5.97 Å². The molecule has 1 saturated heterocycles. The first kappa shape index (κ1) is 25.1. The molecule has 1 aliphatic rings. The van der Waals surface area contributed by atoms with Gasteiger partial charge in [0, 0.05) is 12.6 Å². The standard InChI is InChI=1S/C25H32N2O5S/c1-3-5-6-7-23(28)32-21(20-13-10-17(4-2)15-26-20)16-31-19-11-8-18(9-12-19)14-22-24(29)27-25(30)33-22/h8-13,15,21-22,24,29H,3-7,14,16H2,1-2H3,(H,27,30). The topological polar surface area (TPSA) is 97.8 Å². The summed E-state index contributed by atoms with van der Waals surface area (Å²) >= 11 is 1.11. The molecule has 1 aromatic heterocycles. The number of ether oxygens (including phenoxy) is 2. The van der Waals surface area contributed by atoms with Crippen molar-refractivity contribution >= 4 is 23.0 Å². The Kier molecular flexibility index (Phi) is 9.57. The lowest BCUT2D eigenvalue weighted by Crippen LogP contribution is -2.31. The number of carbonyl (C=O) groups excluding carboxylic acids is 2. The number of aliphatic hydroxyl groups is 1. The third kappa shape index (κ3) is 7.75. The van der Waals surface area contributed by atoms with E-state index in [0.717, 1.165) is 48.6 Å². The van der Waals surface area contributed by atoms with Gasteiger partial charge in [-0.05, 0) is 48.6 Å². The Balaban J connectivity index is 1.60. The van der Waals surface area contributed by atoms with E-state index < -0.39 is 12.3 Å². The fraction of sp³-hybridized carbons (Fsp3) is 0.480. The van der Waals surface area contributed by atoms with Crippen LogP contribution in [0.4, 0.5) is 4.79 Å². The minimum absolute atomic E-state index is 0.160. The van der Waals surface area contributed by atoms with Crippen molar-refractivity contribution in [1.82, 2.24) is 10.3 Å². The van der Waals surface area contributed by atoms with Gasteiger partial charge in [0.1, 0.15) is 18.6 Å². The molecular weight excluding hydrogens is 440 g/mol. The zero-order valence-corrected chi connectivity index (χ0v) is 20.0. The minimum Gasteiger partial charge on any atom is -0.489 e. The highest BCUT2D eigenvalue weighted by molar-refractivity contribution is 8.14. The quantitative estimate of drug-likeness (QED) is 0.345. The fourth-order valence-electron chi connectivity index (χ4n) is 3.48. The maximum absolute atomic E-state index is 12.3. The summed E-state index contributed by atoms with van der Waals surface area (Å²) < 4.78 is 11.6. The third-order valence-electron chi connectivity index (χ3n) is 5.48. The molecule has 3 rings (SSSR count). The lowest BCUT2D eigenvalue weighted by Gasteiger charge is -2.19. The first-order chi connectivity index (χ1) is 16.0. The summed E-state index contributed by atoms with van der Waals surface area (Å²) in [5, 5.41) is 12.0. The maximum Gasteiger partial charge on any atom is 0.306 e. The van der Waals surface area contributed by atoms with Crippen LogP contribution in [0.25, 0.3) is 0 Å². The van der Waals surface area contributed by atoms with E-state index in [4.69, 9.17) is 9.47 Å². The van der Waals surface area contributed by atoms with Gasteiger partial charge in [-0.25, -0.2) is 0 Å². The van der Waals surface area contributed by atoms with Crippen LogP contribution in [0.1, 0.15) is 62.5 Å². The van der Waals surface area contributed by atoms with Crippen LogP contribution in [0.2, 0.25) is 0 Å². The molecule has 3 unspecified atom stereocenters. The molecule has 33 heavy (non-hydrogen) atoms. The van der Waals surface area contributed by atoms with Crippen molar-refractivity contribution in [1.29, 1.82) is 0 Å². The highest BCUT2D eigenvalue weighted by atomic mass is 32.2. The summed E-state index contributed by atoms with van der Waals surface area (Å²) in [6.45, 7) is 4.32. The largest absolute Gasteiger partial charge is 0.489 e. The molecule has 7 nitrogen and oxygen atoms in total. The van der Waals surface area contributed by atoms with E-state index in [0.29, 0.717) is 24.3 Å². The average Bonchev–Trinajstić information content (AvgIpc) is 3.14. The maximum atomic E-state index is 12.3. The molecule has 0 radical (unpaired) electrons. The molecule has 2 heterocycles. The summed E-state index contributed by atoms with van der Waals surface area (Å²) in [5.74, 6) is 0.398. The minimum atomic E-state index is -0.835. The van der Waals surface area contributed by atoms with Gasteiger partial charge < -0.3 is 19.9 Å². The van der Waals surface area contributed by atoms with E-state index in [2.05, 4.69) is 24.1 Å². The van der Waals surface area contributed by atoms with E-state index in [1.165, 1.54) is 0 Å². The van der Waals surface area contributed by atoms with E-state index in [1.807, 2.05) is 36.4 Å². The van der Waals surface area contributed by atoms with Crippen LogP contribution in [-0.4, -0.2) is 39.4 Å². The van der Waals surface area contributed by atoms with Gasteiger partial charge in [-0.2, -0.15) is 0 Å². The van der Waals surface area contributed by atoms with Crippen molar-refractivity contribution in [2.24, 2.45) is 0 Å². The highest BCUT2D eigenvalue weighted by Gasteiger charge is 2.31. The van der Waals surface area contributed by atoms with Crippen molar-refractivity contribution in [3.63, 3.8) is 0 Å². The van der Waals surface area contributed by atoms with Gasteiger partial charge in [0.25, 0.3) is 5.24 Å². The molecular formula is C25H32N2O5S. The summed E-state index contributed by atoms with van der Waals surface area (Å²) in [6.07, 6.45) is 5.06. The third-order valence-corrected chi connectivity index (χ3v) is 6.54. The molecule has 0 bridgehead atoms. The van der Waals surface area contributed by atoms with Gasteiger partial charge in [-0.15, -0.1) is 0 Å². The zero-order valence-electron chi connectivity index (χ0n) is 19.2. The van der Waals surface area contributed by atoms with Gasteiger partial charge in [0.15, 0.2) is 6.10 Å². The molecule has 0 spiro atoms. The number of nitrogens with zero attached hydrogens (tertiary/aromatic N) is 1. The van der Waals surface area contributed by atoms with Gasteiger partial charge in [0.2, 0.25) is 0 Å². The number of unbranched alkanes of at least 4 members (excludes halogenated alkanes) is 2. The summed E-state index contributed by atoms with van der Waals surface area (Å²) in [5.41, 5.74) is 2.77. The van der Waals surface area contributed by atoms with Crippen molar-refractivity contribution < 1.29 is 24.2 Å². The molecule has 0 aliphatic carbocycles. The van der Waals surface area contributed by atoms with E-state index in [9.17, 15) is 14.7 Å². The van der Waals surface area contributed by atoms with E-state index in [1.54, 1.807) is 6.20 Å². The number of aromatic nitrogens is 1. The van der Waals surface area contributed by atoms with E-state index in [-0.39, 0.29) is 23.1 Å². The molecule has 1 aliphatic heterocycles. The lowest BCUT2D eigenvalue weighted by molar-refractivity contribution is -0.151.